The van der Waals surface area contributed by atoms with E-state index in [2.05, 4.69) is 55.5 Å². The van der Waals surface area contributed by atoms with Crippen molar-refractivity contribution in [1.29, 1.82) is 0 Å². The molecule has 0 atom stereocenters. The van der Waals surface area contributed by atoms with Crippen LogP contribution in [0.25, 0.3) is 12.2 Å². The quantitative estimate of drug-likeness (QED) is 0.513. The number of hydrogen-bond acceptors (Lipinski definition) is 0. The van der Waals surface area contributed by atoms with Crippen LogP contribution >= 0.6 is 0 Å². The van der Waals surface area contributed by atoms with Gasteiger partial charge in [0.1, 0.15) is 0 Å². The van der Waals surface area contributed by atoms with Crippen molar-refractivity contribution in [3.05, 3.63) is 108 Å². The highest BCUT2D eigenvalue weighted by atomic mass is 13.9. The molecule has 0 nitrogen and oxygen atoms in total. The first-order valence-corrected chi connectivity index (χ1v) is 7.14. The Kier molecular flexibility index (Phi) is 6.02. The highest BCUT2D eigenvalue weighted by molar-refractivity contribution is 5.69. The predicted octanol–water partition coefficient (Wildman–Crippen LogP) is 5.85. The fraction of sp³-hybridized carbons (Fsp3) is 0.0476. The molecule has 3 aromatic rings. The highest BCUT2D eigenvalue weighted by Gasteiger charge is 1.84. The maximum absolute atomic E-state index is 2.12. The molecule has 0 aliphatic heterocycles. The van der Waals surface area contributed by atoms with Gasteiger partial charge in [-0.3, -0.25) is 0 Å². The molecule has 0 amide bonds. The molecule has 0 saturated heterocycles. The van der Waals surface area contributed by atoms with Gasteiger partial charge in [0.25, 0.3) is 0 Å². The highest BCUT2D eigenvalue weighted by Crippen LogP contribution is 2.06. The van der Waals surface area contributed by atoms with E-state index >= 15 is 0 Å². The fourth-order valence-electron chi connectivity index (χ4n) is 1.86. The minimum absolute atomic E-state index is 1.23. The second-order valence-electron chi connectivity index (χ2n) is 4.81. The van der Waals surface area contributed by atoms with E-state index in [9.17, 15) is 0 Å². The van der Waals surface area contributed by atoms with Gasteiger partial charge < -0.3 is 0 Å². The van der Waals surface area contributed by atoms with Gasteiger partial charge in [-0.05, 0) is 18.1 Å². The van der Waals surface area contributed by atoms with Gasteiger partial charge >= 0.3 is 0 Å². The van der Waals surface area contributed by atoms with Crippen LogP contribution in [-0.2, 0) is 0 Å². The lowest BCUT2D eigenvalue weighted by Crippen LogP contribution is -1.70. The predicted molar refractivity (Wildman–Crippen MR) is 93.0 cm³/mol. The molecule has 0 fully saturated rings. The van der Waals surface area contributed by atoms with Crippen LogP contribution < -0.4 is 0 Å². The van der Waals surface area contributed by atoms with Crippen molar-refractivity contribution < 1.29 is 0 Å². The lowest BCUT2D eigenvalue weighted by molar-refractivity contribution is 1.48. The van der Waals surface area contributed by atoms with E-state index in [4.69, 9.17) is 0 Å². The summed E-state index contributed by atoms with van der Waals surface area (Å²) >= 11 is 0. The van der Waals surface area contributed by atoms with E-state index in [1.165, 1.54) is 16.7 Å². The zero-order chi connectivity index (χ0) is 14.8. The van der Waals surface area contributed by atoms with Crippen molar-refractivity contribution in [2.24, 2.45) is 0 Å². The summed E-state index contributed by atoms with van der Waals surface area (Å²) in [5, 5.41) is 0. The van der Waals surface area contributed by atoms with Gasteiger partial charge in [0.2, 0.25) is 0 Å². The van der Waals surface area contributed by atoms with Crippen LogP contribution in [0.3, 0.4) is 0 Å². The van der Waals surface area contributed by atoms with Crippen molar-refractivity contribution in [2.45, 2.75) is 6.92 Å². The third-order valence-electron chi connectivity index (χ3n) is 3.01. The standard InChI is InChI=1S/C14H12.C7H8/c1-3-7-13(8-4-1)11-12-14-9-5-2-6-10-14;1-7-5-3-2-4-6-7/h1-12H;2-6H,1H3/b12-11+;. The molecule has 21 heavy (non-hydrogen) atoms. The van der Waals surface area contributed by atoms with Crippen LogP contribution in [-0.4, -0.2) is 0 Å². The number of aryl methyl sites for hydroxylation is 1. The van der Waals surface area contributed by atoms with Gasteiger partial charge in [-0.1, -0.05) is 109 Å². The normalized spacial score (nSPS) is 9.95. The zero-order valence-electron chi connectivity index (χ0n) is 12.3. The minimum Gasteiger partial charge on any atom is -0.0622 e. The molecule has 0 aliphatic carbocycles. The molecule has 3 aromatic carbocycles. The van der Waals surface area contributed by atoms with E-state index in [1.807, 2.05) is 54.6 Å². The van der Waals surface area contributed by atoms with Gasteiger partial charge in [-0.15, -0.1) is 0 Å². The van der Waals surface area contributed by atoms with Crippen molar-refractivity contribution in [1.82, 2.24) is 0 Å². The van der Waals surface area contributed by atoms with Crippen LogP contribution in [0.15, 0.2) is 91.0 Å². The molecule has 0 saturated carbocycles. The van der Waals surface area contributed by atoms with Gasteiger partial charge in [0, 0.05) is 0 Å². The minimum atomic E-state index is 1.23. The van der Waals surface area contributed by atoms with Crippen molar-refractivity contribution in [3.8, 4) is 0 Å². The molecule has 0 heterocycles. The van der Waals surface area contributed by atoms with Crippen molar-refractivity contribution in [2.75, 3.05) is 0 Å². The molecule has 0 spiro atoms. The molecule has 104 valence electrons. The summed E-state index contributed by atoms with van der Waals surface area (Å²) in [4.78, 5) is 0. The first-order chi connectivity index (χ1) is 10.3. The SMILES string of the molecule is C(=C\c1ccccc1)/c1ccccc1.Cc1ccccc1. The van der Waals surface area contributed by atoms with E-state index in [-0.39, 0.29) is 0 Å². The maximum atomic E-state index is 2.12. The summed E-state index contributed by atoms with van der Waals surface area (Å²) in [5.74, 6) is 0. The Morgan fingerprint density at radius 3 is 1.10 bits per heavy atom. The molecule has 3 rings (SSSR count). The average Bonchev–Trinajstić information content (AvgIpc) is 2.56. The average molecular weight is 272 g/mol. The monoisotopic (exact) mass is 272 g/mol. The summed E-state index contributed by atoms with van der Waals surface area (Å²) in [5.41, 5.74) is 3.79. The molecule has 0 N–H and O–H groups in total. The van der Waals surface area contributed by atoms with E-state index in [0.29, 0.717) is 0 Å². The van der Waals surface area contributed by atoms with Crippen LogP contribution in [0, 0.1) is 6.92 Å². The lowest BCUT2D eigenvalue weighted by atomic mass is 10.1. The Hall–Kier alpha value is -2.60. The molecular formula is C21H20. The summed E-state index contributed by atoms with van der Waals surface area (Å²) in [6.45, 7) is 2.08. The Labute approximate surface area is 127 Å². The van der Waals surface area contributed by atoms with Gasteiger partial charge in [0.05, 0.1) is 0 Å². The molecule has 0 bridgehead atoms. The van der Waals surface area contributed by atoms with Crippen molar-refractivity contribution in [3.63, 3.8) is 0 Å². The summed E-state index contributed by atoms with van der Waals surface area (Å²) in [6.07, 6.45) is 4.24. The largest absolute Gasteiger partial charge is 0.0622 e. The topological polar surface area (TPSA) is 0 Å². The third kappa shape index (κ3) is 5.92. The second-order valence-corrected chi connectivity index (χ2v) is 4.81. The number of hydrogen-bond donors (Lipinski definition) is 0. The Balaban J connectivity index is 0.000000194. The molecule has 0 aliphatic rings. The van der Waals surface area contributed by atoms with Crippen LogP contribution in [0.2, 0.25) is 0 Å². The molecule has 0 heteroatoms. The van der Waals surface area contributed by atoms with Crippen LogP contribution in [0.4, 0.5) is 0 Å². The summed E-state index contributed by atoms with van der Waals surface area (Å²) < 4.78 is 0. The Bertz CT molecular complexity index is 596. The smallest absolute Gasteiger partial charge is 0.0256 e. The van der Waals surface area contributed by atoms with Crippen LogP contribution in [0.1, 0.15) is 16.7 Å². The zero-order valence-corrected chi connectivity index (χ0v) is 12.3. The van der Waals surface area contributed by atoms with Gasteiger partial charge in [-0.25, -0.2) is 0 Å². The molecular weight excluding hydrogens is 252 g/mol. The van der Waals surface area contributed by atoms with Crippen molar-refractivity contribution >= 4 is 12.2 Å². The van der Waals surface area contributed by atoms with Gasteiger partial charge in [0.15, 0.2) is 0 Å². The third-order valence-corrected chi connectivity index (χ3v) is 3.01. The number of benzene rings is 3. The maximum Gasteiger partial charge on any atom is -0.0256 e. The first kappa shape index (κ1) is 14.8. The fourth-order valence-corrected chi connectivity index (χ4v) is 1.86. The summed E-state index contributed by atoms with van der Waals surface area (Å²) in [6, 6.07) is 30.9. The first-order valence-electron chi connectivity index (χ1n) is 7.14. The second kappa shape index (κ2) is 8.55. The molecule has 0 unspecified atom stereocenters. The van der Waals surface area contributed by atoms with E-state index < -0.39 is 0 Å². The lowest BCUT2D eigenvalue weighted by Gasteiger charge is -1.92. The van der Waals surface area contributed by atoms with Gasteiger partial charge in [-0.2, -0.15) is 0 Å². The van der Waals surface area contributed by atoms with Crippen LogP contribution in [0.5, 0.6) is 0 Å². The van der Waals surface area contributed by atoms with E-state index in [1.54, 1.807) is 0 Å². The summed E-state index contributed by atoms with van der Waals surface area (Å²) in [7, 11) is 0. The van der Waals surface area contributed by atoms with E-state index in [0.717, 1.165) is 0 Å². The molecule has 0 radical (unpaired) electrons. The Morgan fingerprint density at radius 2 is 0.810 bits per heavy atom. The number of rotatable bonds is 2. The Morgan fingerprint density at radius 1 is 0.476 bits per heavy atom. The molecule has 0 aromatic heterocycles.